The van der Waals surface area contributed by atoms with Crippen molar-refractivity contribution in [1.82, 2.24) is 4.98 Å². The van der Waals surface area contributed by atoms with Crippen molar-refractivity contribution in [3.8, 4) is 0 Å². The maximum absolute atomic E-state index is 9.71. The van der Waals surface area contributed by atoms with Crippen LogP contribution in [0.2, 0.25) is 0 Å². The van der Waals surface area contributed by atoms with E-state index in [0.29, 0.717) is 17.3 Å². The van der Waals surface area contributed by atoms with Gasteiger partial charge in [-0.25, -0.2) is 4.98 Å². The number of allylic oxidation sites excluding steroid dienone is 5. The van der Waals surface area contributed by atoms with Crippen LogP contribution in [0.15, 0.2) is 35.4 Å². The zero-order chi connectivity index (χ0) is 9.97. The average molecular weight is 206 g/mol. The van der Waals surface area contributed by atoms with Gasteiger partial charge in [0.05, 0.1) is 5.69 Å². The molecule has 0 atom stereocenters. The number of aliphatic hydroxyl groups excluding tert-OH is 1. The van der Waals surface area contributed by atoms with Crippen LogP contribution in [0.25, 0.3) is 5.57 Å². The Morgan fingerprint density at radius 3 is 3.00 bits per heavy atom. The van der Waals surface area contributed by atoms with Gasteiger partial charge in [-0.2, -0.15) is 0 Å². The fourth-order valence-corrected chi connectivity index (χ4v) is 1.82. The fourth-order valence-electron chi connectivity index (χ4n) is 1.26. The standard InChI is InChI=1S/C10H10N2OS/c11-10-12-8(6-14-10)7-4-2-1-3-5-9(7)13/h1-4,6,13H,5H2,(H2,11,12). The number of thiazole rings is 1. The maximum atomic E-state index is 9.71. The summed E-state index contributed by atoms with van der Waals surface area (Å²) in [6, 6.07) is 0. The van der Waals surface area contributed by atoms with Gasteiger partial charge < -0.3 is 10.8 Å². The van der Waals surface area contributed by atoms with E-state index in [4.69, 9.17) is 5.73 Å². The molecule has 0 radical (unpaired) electrons. The summed E-state index contributed by atoms with van der Waals surface area (Å²) >= 11 is 1.37. The monoisotopic (exact) mass is 206 g/mol. The topological polar surface area (TPSA) is 59.1 Å². The normalized spacial score (nSPS) is 16.0. The van der Waals surface area contributed by atoms with Crippen LogP contribution >= 0.6 is 11.3 Å². The molecule has 14 heavy (non-hydrogen) atoms. The van der Waals surface area contributed by atoms with Crippen molar-refractivity contribution in [2.24, 2.45) is 0 Å². The van der Waals surface area contributed by atoms with Gasteiger partial charge in [0.25, 0.3) is 0 Å². The molecule has 0 aromatic carbocycles. The van der Waals surface area contributed by atoms with Crippen LogP contribution in [0.5, 0.6) is 0 Å². The number of hydrogen-bond acceptors (Lipinski definition) is 4. The third-order valence-electron chi connectivity index (χ3n) is 1.93. The van der Waals surface area contributed by atoms with Gasteiger partial charge in [0.2, 0.25) is 0 Å². The van der Waals surface area contributed by atoms with Crippen LogP contribution < -0.4 is 5.73 Å². The Kier molecular flexibility index (Phi) is 2.37. The first-order valence-electron chi connectivity index (χ1n) is 4.24. The molecule has 72 valence electrons. The second-order valence-corrected chi connectivity index (χ2v) is 3.81. The number of nitrogens with two attached hydrogens (primary N) is 1. The molecule has 1 heterocycles. The molecule has 0 spiro atoms. The predicted octanol–water partition coefficient (Wildman–Crippen LogP) is 2.51. The summed E-state index contributed by atoms with van der Waals surface area (Å²) in [4.78, 5) is 4.13. The van der Waals surface area contributed by atoms with Crippen LogP contribution in [-0.2, 0) is 0 Å². The number of hydrogen-bond donors (Lipinski definition) is 2. The van der Waals surface area contributed by atoms with Crippen LogP contribution in [0.3, 0.4) is 0 Å². The van der Waals surface area contributed by atoms with Gasteiger partial charge in [-0.1, -0.05) is 18.2 Å². The van der Waals surface area contributed by atoms with E-state index < -0.39 is 0 Å². The van der Waals surface area contributed by atoms with E-state index in [9.17, 15) is 5.11 Å². The van der Waals surface area contributed by atoms with Gasteiger partial charge in [-0.3, -0.25) is 0 Å². The lowest BCUT2D eigenvalue weighted by atomic mass is 10.1. The Labute approximate surface area is 85.9 Å². The van der Waals surface area contributed by atoms with Gasteiger partial charge in [-0.15, -0.1) is 11.3 Å². The molecule has 0 aliphatic heterocycles. The summed E-state index contributed by atoms with van der Waals surface area (Å²) in [5, 5.41) is 12.1. The highest BCUT2D eigenvalue weighted by atomic mass is 32.1. The lowest BCUT2D eigenvalue weighted by Crippen LogP contribution is -1.89. The third kappa shape index (κ3) is 1.70. The molecule has 1 aromatic rings. The highest BCUT2D eigenvalue weighted by Gasteiger charge is 2.09. The lowest BCUT2D eigenvalue weighted by Gasteiger charge is -2.00. The van der Waals surface area contributed by atoms with Crippen molar-refractivity contribution in [3.05, 3.63) is 41.1 Å². The Morgan fingerprint density at radius 1 is 1.43 bits per heavy atom. The molecule has 1 aliphatic carbocycles. The molecule has 0 unspecified atom stereocenters. The zero-order valence-corrected chi connectivity index (χ0v) is 8.29. The molecule has 0 amide bonds. The van der Waals surface area contributed by atoms with E-state index >= 15 is 0 Å². The number of rotatable bonds is 1. The SMILES string of the molecule is Nc1nc(C2=C(O)CC=CC=C2)cs1. The molecule has 3 nitrogen and oxygen atoms in total. The zero-order valence-electron chi connectivity index (χ0n) is 7.47. The number of aliphatic hydroxyl groups is 1. The summed E-state index contributed by atoms with van der Waals surface area (Å²) in [5.41, 5.74) is 7.03. The molecular weight excluding hydrogens is 196 g/mol. The van der Waals surface area contributed by atoms with Crippen LogP contribution in [0, 0.1) is 0 Å². The average Bonchev–Trinajstić information content (AvgIpc) is 2.46. The van der Waals surface area contributed by atoms with Gasteiger partial charge in [0.15, 0.2) is 5.13 Å². The minimum absolute atomic E-state index is 0.334. The first-order valence-corrected chi connectivity index (χ1v) is 5.12. The lowest BCUT2D eigenvalue weighted by molar-refractivity contribution is 0.405. The number of aromatic nitrogens is 1. The number of nitrogens with zero attached hydrogens (tertiary/aromatic N) is 1. The van der Waals surface area contributed by atoms with Crippen molar-refractivity contribution in [1.29, 1.82) is 0 Å². The van der Waals surface area contributed by atoms with Crippen molar-refractivity contribution < 1.29 is 5.11 Å². The second-order valence-electron chi connectivity index (χ2n) is 2.92. The third-order valence-corrected chi connectivity index (χ3v) is 2.60. The predicted molar refractivity (Wildman–Crippen MR) is 59.0 cm³/mol. The van der Waals surface area contributed by atoms with Crippen LogP contribution in [0.4, 0.5) is 5.13 Å². The fraction of sp³-hybridized carbons (Fsp3) is 0.100. The first kappa shape index (κ1) is 9.02. The molecule has 0 saturated heterocycles. The van der Waals surface area contributed by atoms with Gasteiger partial charge in [0.1, 0.15) is 5.76 Å². The Bertz CT molecular complexity index is 429. The van der Waals surface area contributed by atoms with Crippen molar-refractivity contribution >= 4 is 22.0 Å². The number of anilines is 1. The molecule has 4 heteroatoms. The molecular formula is C10H10N2OS. The largest absolute Gasteiger partial charge is 0.511 e. The van der Waals surface area contributed by atoms with Gasteiger partial charge >= 0.3 is 0 Å². The smallest absolute Gasteiger partial charge is 0.180 e. The second kappa shape index (κ2) is 3.67. The van der Waals surface area contributed by atoms with E-state index in [1.54, 1.807) is 0 Å². The Hall–Kier alpha value is -1.55. The van der Waals surface area contributed by atoms with Crippen molar-refractivity contribution in [3.63, 3.8) is 0 Å². The molecule has 1 aliphatic rings. The molecule has 0 bridgehead atoms. The molecule has 3 N–H and O–H groups in total. The summed E-state index contributed by atoms with van der Waals surface area (Å²) in [5.74, 6) is 0.334. The highest BCUT2D eigenvalue weighted by Crippen LogP contribution is 2.25. The quantitative estimate of drug-likeness (QED) is 0.742. The van der Waals surface area contributed by atoms with E-state index in [2.05, 4.69) is 4.98 Å². The van der Waals surface area contributed by atoms with Crippen molar-refractivity contribution in [2.75, 3.05) is 5.73 Å². The summed E-state index contributed by atoms with van der Waals surface area (Å²) in [7, 11) is 0. The van der Waals surface area contributed by atoms with E-state index in [-0.39, 0.29) is 0 Å². The molecule has 0 fully saturated rings. The number of nitrogen functional groups attached to an aromatic ring is 1. The van der Waals surface area contributed by atoms with Crippen LogP contribution in [-0.4, -0.2) is 10.1 Å². The van der Waals surface area contributed by atoms with Gasteiger partial charge in [-0.05, 0) is 6.08 Å². The summed E-state index contributed by atoms with van der Waals surface area (Å²) in [6.07, 6.45) is 8.06. The minimum Gasteiger partial charge on any atom is -0.511 e. The highest BCUT2D eigenvalue weighted by molar-refractivity contribution is 7.13. The van der Waals surface area contributed by atoms with Gasteiger partial charge in [0, 0.05) is 17.4 Å². The molecule has 2 rings (SSSR count). The Morgan fingerprint density at radius 2 is 2.29 bits per heavy atom. The van der Waals surface area contributed by atoms with Crippen molar-refractivity contribution in [2.45, 2.75) is 6.42 Å². The van der Waals surface area contributed by atoms with E-state index in [0.717, 1.165) is 11.3 Å². The maximum Gasteiger partial charge on any atom is 0.180 e. The molecule has 0 saturated carbocycles. The first-order chi connectivity index (χ1) is 6.77. The van der Waals surface area contributed by atoms with Crippen LogP contribution in [0.1, 0.15) is 12.1 Å². The summed E-state index contributed by atoms with van der Waals surface area (Å²) < 4.78 is 0. The summed E-state index contributed by atoms with van der Waals surface area (Å²) in [6.45, 7) is 0. The van der Waals surface area contributed by atoms with E-state index in [1.165, 1.54) is 11.3 Å². The van der Waals surface area contributed by atoms with E-state index in [1.807, 2.05) is 29.7 Å². The minimum atomic E-state index is 0.334. The Balaban J connectivity index is 2.42. The molecule has 1 aromatic heterocycles.